The molecule has 3 aromatic rings. The van der Waals surface area contributed by atoms with Crippen LogP contribution in [0.25, 0.3) is 17.1 Å². The van der Waals surface area contributed by atoms with Crippen molar-refractivity contribution < 1.29 is 5.11 Å². The molecule has 1 aliphatic rings. The Labute approximate surface area is 168 Å². The first-order valence-corrected chi connectivity index (χ1v) is 10.3. The molecule has 1 aliphatic carbocycles. The predicted molar refractivity (Wildman–Crippen MR) is 114 cm³/mol. The molecule has 1 unspecified atom stereocenters. The molecule has 1 heterocycles. The van der Waals surface area contributed by atoms with Crippen LogP contribution in [0.2, 0.25) is 0 Å². The summed E-state index contributed by atoms with van der Waals surface area (Å²) in [4.78, 5) is 4.51. The Morgan fingerprint density at radius 1 is 1.15 bits per heavy atom. The van der Waals surface area contributed by atoms with Gasteiger partial charge in [-0.3, -0.25) is 0 Å². The summed E-state index contributed by atoms with van der Waals surface area (Å²) in [7, 11) is 0. The van der Waals surface area contributed by atoms with Gasteiger partial charge in [-0.1, -0.05) is 60.1 Å². The highest BCUT2D eigenvalue weighted by molar-refractivity contribution is 9.10. The van der Waals surface area contributed by atoms with Crippen molar-refractivity contribution in [2.45, 2.75) is 45.3 Å². The Bertz CT molecular complexity index is 987. The summed E-state index contributed by atoms with van der Waals surface area (Å²) in [5.74, 6) is 0. The maximum Gasteiger partial charge on any atom is 0.109 e. The van der Waals surface area contributed by atoms with E-state index in [4.69, 9.17) is 0 Å². The highest BCUT2D eigenvalue weighted by atomic mass is 79.9. The van der Waals surface area contributed by atoms with Crippen molar-refractivity contribution in [1.29, 1.82) is 0 Å². The number of hydrogen-bond donors (Lipinski definition) is 1. The molecule has 140 valence electrons. The van der Waals surface area contributed by atoms with E-state index in [2.05, 4.69) is 63.6 Å². The van der Waals surface area contributed by atoms with Crippen LogP contribution in [0.15, 0.2) is 64.9 Å². The lowest BCUT2D eigenvalue weighted by molar-refractivity contribution is -0.0663. The van der Waals surface area contributed by atoms with Gasteiger partial charge in [-0.15, -0.1) is 0 Å². The first-order chi connectivity index (χ1) is 12.9. The number of imidazole rings is 1. The molecule has 0 spiro atoms. The minimum absolute atomic E-state index is 0.210. The molecule has 1 aromatic heterocycles. The van der Waals surface area contributed by atoms with Gasteiger partial charge in [-0.2, -0.15) is 0 Å². The van der Waals surface area contributed by atoms with Crippen LogP contribution in [0.4, 0.5) is 0 Å². The van der Waals surface area contributed by atoms with Gasteiger partial charge < -0.3 is 9.67 Å². The fourth-order valence-electron chi connectivity index (χ4n) is 4.22. The molecule has 1 N–H and O–H groups in total. The molecule has 0 amide bonds. The second-order valence-electron chi connectivity index (χ2n) is 8.18. The van der Waals surface area contributed by atoms with E-state index < -0.39 is 5.60 Å². The zero-order valence-corrected chi connectivity index (χ0v) is 17.4. The molecule has 1 saturated carbocycles. The third kappa shape index (κ3) is 3.37. The maximum absolute atomic E-state index is 12.0. The predicted octanol–water partition coefficient (Wildman–Crippen LogP) is 5.82. The smallest absolute Gasteiger partial charge is 0.109 e. The third-order valence-electron chi connectivity index (χ3n) is 6.04. The molecule has 0 radical (unpaired) electrons. The molecule has 4 heteroatoms. The number of benzene rings is 2. The Hall–Kier alpha value is -1.91. The van der Waals surface area contributed by atoms with Crippen LogP contribution in [-0.2, 0) is 6.54 Å². The number of aromatic nitrogens is 2. The van der Waals surface area contributed by atoms with Gasteiger partial charge in [-0.05, 0) is 60.1 Å². The summed E-state index contributed by atoms with van der Waals surface area (Å²) >= 11 is 3.49. The second kappa shape index (κ2) is 6.92. The van der Waals surface area contributed by atoms with E-state index in [0.29, 0.717) is 6.54 Å². The van der Waals surface area contributed by atoms with E-state index >= 15 is 0 Å². The first kappa shape index (κ1) is 18.5. The molecule has 0 saturated heterocycles. The van der Waals surface area contributed by atoms with Gasteiger partial charge in [-0.25, -0.2) is 4.98 Å². The molecular weight excluding hydrogens is 400 g/mol. The van der Waals surface area contributed by atoms with Gasteiger partial charge in [0.05, 0.1) is 23.9 Å². The molecular formula is C23H25BrN2O. The van der Waals surface area contributed by atoms with Crippen molar-refractivity contribution in [3.63, 3.8) is 0 Å². The van der Waals surface area contributed by atoms with Gasteiger partial charge in [0.2, 0.25) is 0 Å². The zero-order chi connectivity index (χ0) is 19.1. The average Bonchev–Trinajstić information content (AvgIpc) is 3.04. The summed E-state index contributed by atoms with van der Waals surface area (Å²) in [5, 5.41) is 12.0. The van der Waals surface area contributed by atoms with Gasteiger partial charge >= 0.3 is 0 Å². The largest absolute Gasteiger partial charge is 0.383 e. The lowest BCUT2D eigenvalue weighted by atomic mass is 9.62. The quantitative estimate of drug-likeness (QED) is 0.574. The van der Waals surface area contributed by atoms with Crippen LogP contribution < -0.4 is 0 Å². The number of para-hydroxylation sites is 2. The molecule has 0 bridgehead atoms. The van der Waals surface area contributed by atoms with E-state index in [1.54, 1.807) is 0 Å². The normalized spacial score (nSPS) is 23.8. The van der Waals surface area contributed by atoms with Crippen molar-refractivity contribution >= 4 is 33.0 Å². The highest BCUT2D eigenvalue weighted by Crippen LogP contribution is 2.48. The number of hydrogen-bond acceptors (Lipinski definition) is 2. The number of halogens is 1. The highest BCUT2D eigenvalue weighted by Gasteiger charge is 2.48. The molecule has 27 heavy (non-hydrogen) atoms. The fourth-order valence-corrected chi connectivity index (χ4v) is 4.48. The summed E-state index contributed by atoms with van der Waals surface area (Å²) < 4.78 is 3.16. The van der Waals surface area contributed by atoms with Crippen LogP contribution in [-0.4, -0.2) is 20.3 Å². The van der Waals surface area contributed by atoms with Crippen LogP contribution in [0.1, 0.15) is 38.7 Å². The van der Waals surface area contributed by atoms with E-state index in [1.165, 1.54) is 0 Å². The van der Waals surface area contributed by atoms with Gasteiger partial charge in [0.1, 0.15) is 5.60 Å². The molecule has 0 aliphatic heterocycles. The van der Waals surface area contributed by atoms with Crippen LogP contribution >= 0.6 is 15.9 Å². The molecule has 1 atom stereocenters. The summed E-state index contributed by atoms with van der Waals surface area (Å²) in [6, 6.07) is 16.4. The summed E-state index contributed by atoms with van der Waals surface area (Å²) in [6.07, 6.45) is 7.05. The number of nitrogens with zero attached hydrogens (tertiary/aromatic N) is 2. The van der Waals surface area contributed by atoms with Crippen molar-refractivity contribution in [3.05, 3.63) is 70.5 Å². The maximum atomic E-state index is 12.0. The fraction of sp³-hybridized carbons (Fsp3) is 0.348. The van der Waals surface area contributed by atoms with E-state index in [-0.39, 0.29) is 5.41 Å². The van der Waals surface area contributed by atoms with Crippen molar-refractivity contribution in [1.82, 2.24) is 9.55 Å². The van der Waals surface area contributed by atoms with Crippen molar-refractivity contribution in [3.8, 4) is 0 Å². The topological polar surface area (TPSA) is 38.0 Å². The van der Waals surface area contributed by atoms with Crippen molar-refractivity contribution in [2.75, 3.05) is 0 Å². The lowest BCUT2D eigenvalue weighted by Gasteiger charge is -2.48. The minimum Gasteiger partial charge on any atom is -0.383 e. The number of rotatable bonds is 3. The Morgan fingerprint density at radius 2 is 1.89 bits per heavy atom. The van der Waals surface area contributed by atoms with Crippen LogP contribution in [0.5, 0.6) is 0 Å². The monoisotopic (exact) mass is 424 g/mol. The SMILES string of the molecule is CC1(C)CCC/C(=C\c2ccc(Br)cc2)C1(O)Cn1cnc2ccccc21. The molecule has 1 fully saturated rings. The average molecular weight is 425 g/mol. The third-order valence-corrected chi connectivity index (χ3v) is 6.56. The summed E-state index contributed by atoms with van der Waals surface area (Å²) in [5.41, 5.74) is 3.14. The Morgan fingerprint density at radius 3 is 2.67 bits per heavy atom. The van der Waals surface area contributed by atoms with Crippen molar-refractivity contribution in [2.24, 2.45) is 5.41 Å². The second-order valence-corrected chi connectivity index (χ2v) is 9.10. The van der Waals surface area contributed by atoms with Crippen LogP contribution in [0, 0.1) is 5.41 Å². The molecule has 4 rings (SSSR count). The van der Waals surface area contributed by atoms with E-state index in [0.717, 1.165) is 45.9 Å². The van der Waals surface area contributed by atoms with Crippen LogP contribution in [0.3, 0.4) is 0 Å². The Kier molecular flexibility index (Phi) is 4.73. The summed E-state index contributed by atoms with van der Waals surface area (Å²) in [6.45, 7) is 4.88. The minimum atomic E-state index is -0.915. The standard InChI is InChI=1S/C23H25BrN2O/c1-22(2)13-5-6-18(14-17-9-11-19(24)12-10-17)23(22,27)15-26-16-25-20-7-3-4-8-21(20)26/h3-4,7-12,14,16,27H,5-6,13,15H2,1-2H3/b18-14+. The Balaban J connectivity index is 1.77. The lowest BCUT2D eigenvalue weighted by Crippen LogP contribution is -2.51. The van der Waals surface area contributed by atoms with Gasteiger partial charge in [0, 0.05) is 4.47 Å². The van der Waals surface area contributed by atoms with E-state index in [1.807, 2.05) is 36.7 Å². The molecule has 2 aromatic carbocycles. The van der Waals surface area contributed by atoms with Gasteiger partial charge in [0.15, 0.2) is 0 Å². The van der Waals surface area contributed by atoms with E-state index in [9.17, 15) is 5.11 Å². The van der Waals surface area contributed by atoms with Gasteiger partial charge in [0.25, 0.3) is 0 Å². The number of fused-ring (bicyclic) bond motifs is 1. The zero-order valence-electron chi connectivity index (χ0n) is 15.8. The number of aliphatic hydroxyl groups is 1. The molecule has 3 nitrogen and oxygen atoms in total. The first-order valence-electron chi connectivity index (χ1n) is 9.48.